The first-order valence-electron chi connectivity index (χ1n) is 7.62. The van der Waals surface area contributed by atoms with E-state index in [0.717, 1.165) is 41.9 Å². The number of carbonyl (C=O) groups is 3. The van der Waals surface area contributed by atoms with Crippen LogP contribution in [0.25, 0.3) is 0 Å². The van der Waals surface area contributed by atoms with E-state index in [4.69, 9.17) is 23.2 Å². The van der Waals surface area contributed by atoms with E-state index >= 15 is 0 Å². The van der Waals surface area contributed by atoms with Crippen molar-refractivity contribution in [2.24, 2.45) is 0 Å². The van der Waals surface area contributed by atoms with Crippen LogP contribution in [-0.4, -0.2) is 33.7 Å². The number of benzene rings is 1. The molecule has 23 heavy (non-hydrogen) atoms. The fourth-order valence-electron chi connectivity index (χ4n) is 3.14. The highest BCUT2D eigenvalue weighted by molar-refractivity contribution is 6.44. The molecule has 5 nitrogen and oxygen atoms in total. The molecule has 1 saturated carbocycles. The number of urea groups is 1. The molecule has 2 fully saturated rings. The van der Waals surface area contributed by atoms with E-state index in [9.17, 15) is 14.4 Å². The van der Waals surface area contributed by atoms with Gasteiger partial charge >= 0.3 is 17.8 Å². The van der Waals surface area contributed by atoms with E-state index in [1.165, 1.54) is 0 Å². The van der Waals surface area contributed by atoms with Crippen LogP contribution in [0, 0.1) is 0 Å². The van der Waals surface area contributed by atoms with Crippen molar-refractivity contribution in [3.8, 4) is 0 Å². The third-order valence-corrected chi connectivity index (χ3v) is 4.95. The first-order chi connectivity index (χ1) is 11.0. The van der Waals surface area contributed by atoms with Crippen molar-refractivity contribution in [3.63, 3.8) is 0 Å². The summed E-state index contributed by atoms with van der Waals surface area (Å²) in [5.41, 5.74) is 0.580. The summed E-state index contributed by atoms with van der Waals surface area (Å²) in [5, 5.41) is 0.833. The molecule has 7 heteroatoms. The molecule has 3 rings (SSSR count). The van der Waals surface area contributed by atoms with E-state index in [1.807, 2.05) is 0 Å². The molecule has 122 valence electrons. The molecule has 0 radical (unpaired) electrons. The van der Waals surface area contributed by atoms with Gasteiger partial charge in [0.1, 0.15) is 0 Å². The zero-order valence-corrected chi connectivity index (χ0v) is 13.9. The Labute approximate surface area is 144 Å². The van der Waals surface area contributed by atoms with Gasteiger partial charge in [-0.15, -0.1) is 0 Å². The molecule has 1 aliphatic carbocycles. The van der Waals surface area contributed by atoms with Crippen LogP contribution in [0.4, 0.5) is 4.79 Å². The second-order valence-corrected chi connectivity index (χ2v) is 6.72. The lowest BCUT2D eigenvalue weighted by molar-refractivity contribution is -0.144. The van der Waals surface area contributed by atoms with Crippen LogP contribution in [0.3, 0.4) is 0 Å². The molecule has 0 aromatic heterocycles. The number of amides is 4. The van der Waals surface area contributed by atoms with Crippen molar-refractivity contribution in [1.29, 1.82) is 0 Å². The smallest absolute Gasteiger partial charge is 0.263 e. The quantitative estimate of drug-likeness (QED) is 0.615. The predicted octanol–water partition coefficient (Wildman–Crippen LogP) is 3.62. The average Bonchev–Trinajstić information content (AvgIpc) is 2.74. The highest BCUT2D eigenvalue weighted by atomic mass is 35.5. The first-order valence-corrected chi connectivity index (χ1v) is 8.37. The maximum Gasteiger partial charge on any atom is 0.334 e. The molecule has 0 unspecified atom stereocenters. The Hall–Kier alpha value is -1.59. The zero-order chi connectivity index (χ0) is 16.6. The molecule has 0 N–H and O–H groups in total. The van der Waals surface area contributed by atoms with Gasteiger partial charge in [0.05, 0.1) is 6.54 Å². The van der Waals surface area contributed by atoms with E-state index in [0.29, 0.717) is 15.6 Å². The molecule has 1 aromatic carbocycles. The van der Waals surface area contributed by atoms with Crippen molar-refractivity contribution < 1.29 is 14.4 Å². The second-order valence-electron chi connectivity index (χ2n) is 5.88. The van der Waals surface area contributed by atoms with Crippen LogP contribution in [0.1, 0.15) is 37.7 Å². The van der Waals surface area contributed by atoms with E-state index in [-0.39, 0.29) is 12.6 Å². The molecule has 0 spiro atoms. The Bertz CT molecular complexity index is 671. The lowest BCUT2D eigenvalue weighted by Crippen LogP contribution is -2.42. The summed E-state index contributed by atoms with van der Waals surface area (Å²) >= 11 is 11.9. The summed E-state index contributed by atoms with van der Waals surface area (Å²) in [7, 11) is 0. The fraction of sp³-hybridized carbons (Fsp3) is 0.438. The van der Waals surface area contributed by atoms with Crippen LogP contribution < -0.4 is 0 Å². The Morgan fingerprint density at radius 2 is 1.70 bits per heavy atom. The summed E-state index contributed by atoms with van der Waals surface area (Å²) < 4.78 is 0. The van der Waals surface area contributed by atoms with Crippen LogP contribution >= 0.6 is 23.2 Å². The van der Waals surface area contributed by atoms with Gasteiger partial charge in [0, 0.05) is 16.1 Å². The van der Waals surface area contributed by atoms with Crippen LogP contribution in [-0.2, 0) is 16.1 Å². The van der Waals surface area contributed by atoms with Gasteiger partial charge in [-0.1, -0.05) is 48.5 Å². The monoisotopic (exact) mass is 354 g/mol. The summed E-state index contributed by atoms with van der Waals surface area (Å²) in [6.45, 7) is -0.0252. The summed E-state index contributed by atoms with van der Waals surface area (Å²) in [6, 6.07) is 4.12. The van der Waals surface area contributed by atoms with Crippen molar-refractivity contribution in [3.05, 3.63) is 33.8 Å². The maximum atomic E-state index is 12.5. The van der Waals surface area contributed by atoms with Gasteiger partial charge in [0.15, 0.2) is 0 Å². The van der Waals surface area contributed by atoms with Gasteiger partial charge in [-0.25, -0.2) is 4.79 Å². The number of hydrogen-bond donors (Lipinski definition) is 0. The minimum Gasteiger partial charge on any atom is -0.263 e. The standard InChI is InChI=1S/C16H16Cl2N2O3/c17-11-7-6-10(13(18)8-11)9-19-14(21)15(22)20(16(19)23)12-4-2-1-3-5-12/h6-8,12H,1-5,9H2. The highest BCUT2D eigenvalue weighted by Crippen LogP contribution is 2.29. The third-order valence-electron chi connectivity index (χ3n) is 4.37. The summed E-state index contributed by atoms with van der Waals surface area (Å²) in [4.78, 5) is 39.1. The van der Waals surface area contributed by atoms with Crippen LogP contribution in [0.15, 0.2) is 18.2 Å². The van der Waals surface area contributed by atoms with E-state index in [1.54, 1.807) is 18.2 Å². The molecule has 2 aliphatic rings. The zero-order valence-electron chi connectivity index (χ0n) is 12.4. The predicted molar refractivity (Wildman–Crippen MR) is 86.1 cm³/mol. The number of rotatable bonds is 3. The van der Waals surface area contributed by atoms with Gasteiger partial charge in [0.25, 0.3) is 0 Å². The van der Waals surface area contributed by atoms with Crippen molar-refractivity contribution in [2.75, 3.05) is 0 Å². The number of imide groups is 2. The number of carbonyl (C=O) groups excluding carboxylic acids is 3. The maximum absolute atomic E-state index is 12.5. The van der Waals surface area contributed by atoms with Gasteiger partial charge in [-0.3, -0.25) is 19.4 Å². The minimum atomic E-state index is -0.786. The normalized spacial score (nSPS) is 19.8. The highest BCUT2D eigenvalue weighted by Gasteiger charge is 2.47. The molecule has 0 atom stereocenters. The minimum absolute atomic E-state index is 0.0252. The van der Waals surface area contributed by atoms with Gasteiger partial charge in [-0.05, 0) is 30.5 Å². The average molecular weight is 355 g/mol. The molecule has 1 aliphatic heterocycles. The topological polar surface area (TPSA) is 57.7 Å². The molecular weight excluding hydrogens is 339 g/mol. The lowest BCUT2D eigenvalue weighted by Gasteiger charge is -2.28. The Balaban J connectivity index is 1.81. The van der Waals surface area contributed by atoms with E-state index < -0.39 is 17.8 Å². The molecular formula is C16H16Cl2N2O3. The molecule has 0 bridgehead atoms. The number of hydrogen-bond acceptors (Lipinski definition) is 3. The Kier molecular flexibility index (Phi) is 4.60. The Morgan fingerprint density at radius 3 is 2.35 bits per heavy atom. The van der Waals surface area contributed by atoms with Gasteiger partial charge < -0.3 is 0 Å². The van der Waals surface area contributed by atoms with Gasteiger partial charge in [0.2, 0.25) is 0 Å². The first kappa shape index (κ1) is 16.3. The number of halogens is 2. The van der Waals surface area contributed by atoms with Crippen molar-refractivity contribution >= 4 is 41.0 Å². The largest absolute Gasteiger partial charge is 0.334 e. The van der Waals surface area contributed by atoms with E-state index in [2.05, 4.69) is 0 Å². The van der Waals surface area contributed by atoms with Crippen LogP contribution in [0.5, 0.6) is 0 Å². The summed E-state index contributed by atoms with van der Waals surface area (Å²) in [5.74, 6) is -1.52. The Morgan fingerprint density at radius 1 is 1.00 bits per heavy atom. The van der Waals surface area contributed by atoms with Crippen molar-refractivity contribution in [2.45, 2.75) is 44.7 Å². The second kappa shape index (κ2) is 6.49. The molecule has 1 saturated heterocycles. The third kappa shape index (κ3) is 3.08. The number of nitrogens with zero attached hydrogens (tertiary/aromatic N) is 2. The molecule has 1 heterocycles. The van der Waals surface area contributed by atoms with Crippen molar-refractivity contribution in [1.82, 2.24) is 9.80 Å². The fourth-order valence-corrected chi connectivity index (χ4v) is 3.61. The van der Waals surface area contributed by atoms with Gasteiger partial charge in [-0.2, -0.15) is 0 Å². The summed E-state index contributed by atoms with van der Waals surface area (Å²) in [6.07, 6.45) is 4.57. The SMILES string of the molecule is O=C1C(=O)N(C2CCCCC2)C(=O)N1Cc1ccc(Cl)cc1Cl. The van der Waals surface area contributed by atoms with Crippen LogP contribution in [0.2, 0.25) is 10.0 Å². The molecule has 1 aromatic rings. The lowest BCUT2D eigenvalue weighted by atomic mass is 9.94. The molecule has 4 amide bonds.